The first kappa shape index (κ1) is 11.7. The molecule has 15 heavy (non-hydrogen) atoms. The van der Waals surface area contributed by atoms with Crippen molar-refractivity contribution in [2.75, 3.05) is 13.7 Å². The first-order valence-corrected chi connectivity index (χ1v) is 4.78. The van der Waals surface area contributed by atoms with E-state index in [1.54, 1.807) is 25.4 Å². The molecule has 0 saturated heterocycles. The van der Waals surface area contributed by atoms with Gasteiger partial charge in [-0.3, -0.25) is 9.78 Å². The van der Waals surface area contributed by atoms with Gasteiger partial charge in [0.15, 0.2) is 0 Å². The molecule has 0 bridgehead atoms. The van der Waals surface area contributed by atoms with Crippen LogP contribution in [-0.2, 0) is 4.74 Å². The van der Waals surface area contributed by atoms with Crippen LogP contribution in [0, 0.1) is 0 Å². The zero-order chi connectivity index (χ0) is 11.3. The van der Waals surface area contributed by atoms with Crippen LogP contribution in [0.4, 0.5) is 0 Å². The summed E-state index contributed by atoms with van der Waals surface area (Å²) in [7, 11) is 1.62. The Balaban J connectivity index is 2.51. The van der Waals surface area contributed by atoms with Crippen molar-refractivity contribution >= 4 is 5.91 Å². The minimum Gasteiger partial charge on any atom is -0.377 e. The Hall–Kier alpha value is -1.42. The van der Waals surface area contributed by atoms with Gasteiger partial charge in [-0.15, -0.1) is 0 Å². The fourth-order valence-corrected chi connectivity index (χ4v) is 0.964. The number of hydrogen-bond donors (Lipinski definition) is 1. The van der Waals surface area contributed by atoms with Gasteiger partial charge in [-0.2, -0.15) is 0 Å². The summed E-state index contributed by atoms with van der Waals surface area (Å²) in [5, 5.41) is 2.79. The van der Waals surface area contributed by atoms with Crippen molar-refractivity contribution in [3.05, 3.63) is 30.1 Å². The number of ether oxygens (including phenoxy) is 1. The molecule has 1 rings (SSSR count). The van der Waals surface area contributed by atoms with Crippen LogP contribution in [0.15, 0.2) is 24.5 Å². The van der Waals surface area contributed by atoms with Gasteiger partial charge in [0.1, 0.15) is 0 Å². The van der Waals surface area contributed by atoms with Crippen LogP contribution in [0.1, 0.15) is 24.2 Å². The molecule has 0 atom stereocenters. The molecule has 0 aliphatic carbocycles. The number of nitrogens with one attached hydrogen (secondary N) is 1. The number of nitrogens with zero attached hydrogens (tertiary/aromatic N) is 1. The van der Waals surface area contributed by atoms with Crippen molar-refractivity contribution in [1.29, 1.82) is 0 Å². The van der Waals surface area contributed by atoms with E-state index in [9.17, 15) is 4.79 Å². The van der Waals surface area contributed by atoms with Crippen LogP contribution in [0.5, 0.6) is 0 Å². The summed E-state index contributed by atoms with van der Waals surface area (Å²) in [6.45, 7) is 4.30. The first-order valence-electron chi connectivity index (χ1n) is 4.78. The molecule has 82 valence electrons. The van der Waals surface area contributed by atoms with Crippen molar-refractivity contribution < 1.29 is 9.53 Å². The highest BCUT2D eigenvalue weighted by atomic mass is 16.5. The molecule has 0 fully saturated rings. The quantitative estimate of drug-likeness (QED) is 0.809. The maximum Gasteiger partial charge on any atom is 0.252 e. The zero-order valence-electron chi connectivity index (χ0n) is 9.28. The van der Waals surface area contributed by atoms with Crippen molar-refractivity contribution in [2.24, 2.45) is 0 Å². The van der Waals surface area contributed by atoms with Gasteiger partial charge in [0.25, 0.3) is 5.91 Å². The molecular formula is C11H16N2O2. The number of carbonyl (C=O) groups excluding carboxylic acids is 1. The van der Waals surface area contributed by atoms with Crippen LogP contribution < -0.4 is 5.32 Å². The fourth-order valence-electron chi connectivity index (χ4n) is 0.964. The normalized spacial score (nSPS) is 11.1. The SMILES string of the molecule is COC(C)(C)CNC(=O)c1cccnc1. The lowest BCUT2D eigenvalue weighted by Gasteiger charge is -2.22. The third-order valence-corrected chi connectivity index (χ3v) is 2.15. The van der Waals surface area contributed by atoms with Gasteiger partial charge in [0.2, 0.25) is 0 Å². The summed E-state index contributed by atoms with van der Waals surface area (Å²) < 4.78 is 5.19. The van der Waals surface area contributed by atoms with Gasteiger partial charge in [0.05, 0.1) is 11.2 Å². The zero-order valence-corrected chi connectivity index (χ0v) is 9.28. The molecule has 1 aromatic rings. The summed E-state index contributed by atoms with van der Waals surface area (Å²) in [4.78, 5) is 15.5. The second-order valence-electron chi connectivity index (χ2n) is 3.89. The Morgan fingerprint density at radius 2 is 2.33 bits per heavy atom. The van der Waals surface area contributed by atoms with Gasteiger partial charge in [0, 0.05) is 26.0 Å². The Labute approximate surface area is 89.7 Å². The summed E-state index contributed by atoms with van der Waals surface area (Å²) in [5.74, 6) is -0.131. The third kappa shape index (κ3) is 3.67. The Bertz CT molecular complexity index is 323. The number of rotatable bonds is 4. The molecule has 4 heteroatoms. The molecule has 0 aliphatic rings. The molecule has 4 nitrogen and oxygen atoms in total. The molecular weight excluding hydrogens is 192 g/mol. The lowest BCUT2D eigenvalue weighted by atomic mass is 10.1. The monoisotopic (exact) mass is 208 g/mol. The molecule has 0 aromatic carbocycles. The fraction of sp³-hybridized carbons (Fsp3) is 0.455. The summed E-state index contributed by atoms with van der Waals surface area (Å²) in [6, 6.07) is 3.46. The minimum absolute atomic E-state index is 0.131. The number of amides is 1. The molecule has 0 saturated carbocycles. The molecule has 1 N–H and O–H groups in total. The highest BCUT2D eigenvalue weighted by molar-refractivity contribution is 5.93. The standard InChI is InChI=1S/C11H16N2O2/c1-11(2,15-3)8-13-10(14)9-5-4-6-12-7-9/h4-7H,8H2,1-3H3,(H,13,14). The summed E-state index contributed by atoms with van der Waals surface area (Å²) >= 11 is 0. The van der Waals surface area contributed by atoms with E-state index in [0.717, 1.165) is 0 Å². The predicted molar refractivity (Wildman–Crippen MR) is 57.7 cm³/mol. The van der Waals surface area contributed by atoms with E-state index in [-0.39, 0.29) is 11.5 Å². The van der Waals surface area contributed by atoms with E-state index in [1.807, 2.05) is 13.8 Å². The molecule has 1 aromatic heterocycles. The highest BCUT2D eigenvalue weighted by Gasteiger charge is 2.17. The lowest BCUT2D eigenvalue weighted by molar-refractivity contribution is 0.0228. The van der Waals surface area contributed by atoms with Crippen molar-refractivity contribution in [3.63, 3.8) is 0 Å². The van der Waals surface area contributed by atoms with E-state index < -0.39 is 0 Å². The van der Waals surface area contributed by atoms with Crippen molar-refractivity contribution in [1.82, 2.24) is 10.3 Å². The van der Waals surface area contributed by atoms with Gasteiger partial charge in [-0.1, -0.05) is 0 Å². The lowest BCUT2D eigenvalue weighted by Crippen LogP contribution is -2.39. The molecule has 1 amide bonds. The number of methoxy groups -OCH3 is 1. The maximum atomic E-state index is 11.6. The van der Waals surface area contributed by atoms with E-state index in [0.29, 0.717) is 12.1 Å². The Kier molecular flexibility index (Phi) is 3.80. The minimum atomic E-state index is -0.349. The average Bonchev–Trinajstić information content (AvgIpc) is 2.27. The van der Waals surface area contributed by atoms with Gasteiger partial charge in [-0.25, -0.2) is 0 Å². The largest absolute Gasteiger partial charge is 0.377 e. The van der Waals surface area contributed by atoms with Crippen molar-refractivity contribution in [2.45, 2.75) is 19.4 Å². The summed E-state index contributed by atoms with van der Waals surface area (Å²) in [5.41, 5.74) is 0.210. The van der Waals surface area contributed by atoms with Crippen LogP contribution >= 0.6 is 0 Å². The second kappa shape index (κ2) is 4.89. The predicted octanol–water partition coefficient (Wildman–Crippen LogP) is 1.24. The van der Waals surface area contributed by atoms with Crippen LogP contribution in [0.3, 0.4) is 0 Å². The van der Waals surface area contributed by atoms with E-state index >= 15 is 0 Å². The van der Waals surface area contributed by atoms with E-state index in [1.165, 1.54) is 6.20 Å². The van der Waals surface area contributed by atoms with Gasteiger partial charge < -0.3 is 10.1 Å². The van der Waals surface area contributed by atoms with Crippen LogP contribution in [0.2, 0.25) is 0 Å². The molecule has 0 radical (unpaired) electrons. The molecule has 0 aliphatic heterocycles. The van der Waals surface area contributed by atoms with Crippen LogP contribution in [-0.4, -0.2) is 30.1 Å². The van der Waals surface area contributed by atoms with E-state index in [4.69, 9.17) is 4.74 Å². The topological polar surface area (TPSA) is 51.2 Å². The first-order chi connectivity index (χ1) is 7.05. The highest BCUT2D eigenvalue weighted by Crippen LogP contribution is 2.05. The molecule has 0 spiro atoms. The van der Waals surface area contributed by atoms with E-state index in [2.05, 4.69) is 10.3 Å². The Morgan fingerprint density at radius 1 is 1.60 bits per heavy atom. The number of aromatic nitrogens is 1. The number of pyridine rings is 1. The van der Waals surface area contributed by atoms with Gasteiger partial charge in [-0.05, 0) is 26.0 Å². The number of hydrogen-bond acceptors (Lipinski definition) is 3. The van der Waals surface area contributed by atoms with Gasteiger partial charge >= 0.3 is 0 Å². The smallest absolute Gasteiger partial charge is 0.252 e. The second-order valence-corrected chi connectivity index (χ2v) is 3.89. The summed E-state index contributed by atoms with van der Waals surface area (Å²) in [6.07, 6.45) is 3.17. The maximum absolute atomic E-state index is 11.6. The van der Waals surface area contributed by atoms with Crippen molar-refractivity contribution in [3.8, 4) is 0 Å². The average molecular weight is 208 g/mol. The third-order valence-electron chi connectivity index (χ3n) is 2.15. The Morgan fingerprint density at radius 3 is 2.87 bits per heavy atom. The number of carbonyl (C=O) groups is 1. The molecule has 1 heterocycles. The molecule has 0 unspecified atom stereocenters. The van der Waals surface area contributed by atoms with Crippen LogP contribution in [0.25, 0.3) is 0 Å².